The van der Waals surface area contributed by atoms with Gasteiger partial charge in [-0.2, -0.15) is 0 Å². The summed E-state index contributed by atoms with van der Waals surface area (Å²) in [5.74, 6) is 2.12. The molecular formula is C38H53N3O5. The summed E-state index contributed by atoms with van der Waals surface area (Å²) in [6.07, 6.45) is 16.2. The molecule has 0 radical (unpaired) electrons. The van der Waals surface area contributed by atoms with E-state index in [4.69, 9.17) is 11.2 Å². The summed E-state index contributed by atoms with van der Waals surface area (Å²) in [4.78, 5) is 43.6. The van der Waals surface area contributed by atoms with Crippen LogP contribution in [0.25, 0.3) is 0 Å². The van der Waals surface area contributed by atoms with Crippen LogP contribution in [0.5, 0.6) is 5.75 Å². The molecule has 2 aromatic rings. The number of benzene rings is 2. The first kappa shape index (κ1) is 36.5. The van der Waals surface area contributed by atoms with E-state index >= 15 is 0 Å². The van der Waals surface area contributed by atoms with Gasteiger partial charge in [-0.15, -0.1) is 6.42 Å². The average molecular weight is 632 g/mol. The van der Waals surface area contributed by atoms with Gasteiger partial charge in [0, 0.05) is 24.6 Å². The number of phenols is 1. The molecule has 46 heavy (non-hydrogen) atoms. The monoisotopic (exact) mass is 631 g/mol. The third-order valence-electron chi connectivity index (χ3n) is 8.31. The Bertz CT molecular complexity index is 1290. The van der Waals surface area contributed by atoms with Gasteiger partial charge >= 0.3 is 6.09 Å². The van der Waals surface area contributed by atoms with Crippen LogP contribution in [0.15, 0.2) is 48.5 Å². The van der Waals surface area contributed by atoms with Crippen LogP contribution in [0.4, 0.5) is 4.79 Å². The summed E-state index contributed by atoms with van der Waals surface area (Å²) in [5, 5.41) is 15.9. The highest BCUT2D eigenvalue weighted by atomic mass is 16.6. The molecule has 0 aliphatic heterocycles. The molecule has 1 fully saturated rings. The van der Waals surface area contributed by atoms with Gasteiger partial charge in [0.1, 0.15) is 23.4 Å². The van der Waals surface area contributed by atoms with E-state index in [1.54, 1.807) is 62.1 Å². The van der Waals surface area contributed by atoms with Crippen LogP contribution in [-0.4, -0.2) is 52.1 Å². The molecule has 3 N–H and O–H groups in total. The predicted molar refractivity (Wildman–Crippen MR) is 182 cm³/mol. The predicted octanol–water partition coefficient (Wildman–Crippen LogP) is 7.19. The van der Waals surface area contributed by atoms with Crippen molar-refractivity contribution in [3.63, 3.8) is 0 Å². The zero-order chi connectivity index (χ0) is 33.5. The maximum absolute atomic E-state index is 14.7. The molecule has 8 heteroatoms. The lowest BCUT2D eigenvalue weighted by atomic mass is 9.94. The van der Waals surface area contributed by atoms with Crippen molar-refractivity contribution in [1.82, 2.24) is 15.5 Å². The first-order valence-electron chi connectivity index (χ1n) is 17.0. The van der Waals surface area contributed by atoms with E-state index in [0.717, 1.165) is 69.8 Å². The number of rotatable bonds is 15. The van der Waals surface area contributed by atoms with Crippen molar-refractivity contribution in [2.45, 2.75) is 128 Å². The Hall–Kier alpha value is -3.99. The summed E-state index contributed by atoms with van der Waals surface area (Å²) in [5.41, 5.74) is 1.32. The number of ether oxygens (including phenoxy) is 1. The largest absolute Gasteiger partial charge is 0.508 e. The van der Waals surface area contributed by atoms with Crippen LogP contribution in [0.3, 0.4) is 0 Å². The van der Waals surface area contributed by atoms with Crippen LogP contribution < -0.4 is 10.6 Å². The highest BCUT2D eigenvalue weighted by Crippen LogP contribution is 2.27. The molecule has 3 rings (SSSR count). The lowest BCUT2D eigenvalue weighted by molar-refractivity contribution is -0.143. The first-order valence-corrected chi connectivity index (χ1v) is 17.0. The molecule has 1 aliphatic rings. The minimum atomic E-state index is -1.02. The number of terminal acetylenes is 1. The van der Waals surface area contributed by atoms with E-state index in [-0.39, 0.29) is 30.0 Å². The summed E-state index contributed by atoms with van der Waals surface area (Å²) < 4.78 is 5.55. The van der Waals surface area contributed by atoms with Crippen molar-refractivity contribution in [3.05, 3.63) is 65.2 Å². The molecule has 0 aromatic heterocycles. The van der Waals surface area contributed by atoms with E-state index in [2.05, 4.69) is 23.5 Å². The summed E-state index contributed by atoms with van der Waals surface area (Å²) in [6.45, 7) is 7.80. The van der Waals surface area contributed by atoms with Crippen molar-refractivity contribution in [3.8, 4) is 18.1 Å². The average Bonchev–Trinajstić information content (AvgIpc) is 3.02. The fourth-order valence-corrected chi connectivity index (χ4v) is 5.91. The number of unbranched alkanes of at least 4 members (excludes halogenated alkanes) is 5. The lowest BCUT2D eigenvalue weighted by Gasteiger charge is -2.36. The smallest absolute Gasteiger partial charge is 0.408 e. The number of amides is 3. The van der Waals surface area contributed by atoms with Crippen LogP contribution in [0, 0.1) is 12.3 Å². The summed E-state index contributed by atoms with van der Waals surface area (Å²) in [7, 11) is 0. The second-order valence-corrected chi connectivity index (χ2v) is 13.4. The van der Waals surface area contributed by atoms with Crippen LogP contribution in [-0.2, 0) is 20.7 Å². The molecule has 8 nitrogen and oxygen atoms in total. The molecular weight excluding hydrogens is 578 g/mol. The molecule has 0 saturated heterocycles. The standard InChI is InChI=1S/C38H53N3O5/c1-6-8-9-10-11-15-26-41(34(30-22-18-28(7-2)19-23-30)35(43)39-31-16-13-12-14-17-31)36(44)33(40-37(45)46-38(3,4)5)27-29-20-24-32(42)25-21-29/h2,18-25,31,33-34,42H,6,8-17,26-27H2,1,3-5H3,(H,39,43)(H,40,45). The molecule has 250 valence electrons. The number of carbonyl (C=O) groups is 3. The van der Waals surface area contributed by atoms with Gasteiger partial charge in [0.05, 0.1) is 0 Å². The normalized spacial score (nSPS) is 14.8. The number of carbonyl (C=O) groups excluding carboxylic acids is 3. The maximum atomic E-state index is 14.7. The number of hydrogen-bond acceptors (Lipinski definition) is 5. The number of phenolic OH excluding ortho intramolecular Hbond substituents is 1. The number of aromatic hydroxyl groups is 1. The molecule has 3 amide bonds. The van der Waals surface area contributed by atoms with Gasteiger partial charge in [0.15, 0.2) is 0 Å². The van der Waals surface area contributed by atoms with Gasteiger partial charge in [-0.05, 0) is 75.4 Å². The highest BCUT2D eigenvalue weighted by Gasteiger charge is 2.37. The van der Waals surface area contributed by atoms with Gasteiger partial charge in [-0.1, -0.05) is 88.5 Å². The van der Waals surface area contributed by atoms with Crippen LogP contribution >= 0.6 is 0 Å². The van der Waals surface area contributed by atoms with E-state index in [0.29, 0.717) is 24.1 Å². The third kappa shape index (κ3) is 12.1. The number of hydrogen-bond donors (Lipinski definition) is 3. The Kier molecular flexibility index (Phi) is 14.5. The van der Waals surface area contributed by atoms with Crippen molar-refractivity contribution >= 4 is 17.9 Å². The van der Waals surface area contributed by atoms with E-state index in [1.165, 1.54) is 0 Å². The van der Waals surface area contributed by atoms with Gasteiger partial charge in [0.2, 0.25) is 11.8 Å². The van der Waals surface area contributed by atoms with Crippen molar-refractivity contribution < 1.29 is 24.2 Å². The molecule has 2 aromatic carbocycles. The SMILES string of the molecule is C#Cc1ccc(C(C(=O)NC2CCCCC2)N(CCCCCCCC)C(=O)C(Cc2ccc(O)cc2)NC(=O)OC(C)(C)C)cc1. The molecule has 1 aliphatic carbocycles. The molecule has 0 bridgehead atoms. The number of nitrogens with zero attached hydrogens (tertiary/aromatic N) is 1. The minimum absolute atomic E-state index is 0.0485. The summed E-state index contributed by atoms with van der Waals surface area (Å²) in [6, 6.07) is 11.9. The zero-order valence-corrected chi connectivity index (χ0v) is 28.1. The molecule has 0 heterocycles. The Balaban J connectivity index is 2.02. The molecule has 0 spiro atoms. The topological polar surface area (TPSA) is 108 Å². The van der Waals surface area contributed by atoms with E-state index in [1.807, 2.05) is 12.1 Å². The third-order valence-corrected chi connectivity index (χ3v) is 8.31. The summed E-state index contributed by atoms with van der Waals surface area (Å²) >= 11 is 0. The Labute approximate surface area is 275 Å². The molecule has 2 atom stereocenters. The second-order valence-electron chi connectivity index (χ2n) is 13.4. The van der Waals surface area contributed by atoms with E-state index in [9.17, 15) is 19.5 Å². The Morgan fingerprint density at radius 3 is 2.20 bits per heavy atom. The molecule has 1 saturated carbocycles. The van der Waals surface area contributed by atoms with Crippen LogP contribution in [0.2, 0.25) is 0 Å². The minimum Gasteiger partial charge on any atom is -0.508 e. The van der Waals surface area contributed by atoms with Crippen LogP contribution in [0.1, 0.15) is 121 Å². The quantitative estimate of drug-likeness (QED) is 0.142. The lowest BCUT2D eigenvalue weighted by Crippen LogP contribution is -2.54. The highest BCUT2D eigenvalue weighted by molar-refractivity contribution is 5.92. The zero-order valence-electron chi connectivity index (χ0n) is 28.1. The van der Waals surface area contributed by atoms with Crippen molar-refractivity contribution in [1.29, 1.82) is 0 Å². The maximum Gasteiger partial charge on any atom is 0.408 e. The second kappa shape index (κ2) is 18.2. The molecule has 2 unspecified atom stereocenters. The fourth-order valence-electron chi connectivity index (χ4n) is 5.91. The first-order chi connectivity index (χ1) is 22.0. The van der Waals surface area contributed by atoms with Gasteiger partial charge in [-0.3, -0.25) is 9.59 Å². The van der Waals surface area contributed by atoms with Crippen molar-refractivity contribution in [2.75, 3.05) is 6.54 Å². The van der Waals surface area contributed by atoms with Crippen molar-refractivity contribution in [2.24, 2.45) is 0 Å². The Morgan fingerprint density at radius 2 is 1.59 bits per heavy atom. The number of alkyl carbamates (subject to hydrolysis) is 1. The fraction of sp³-hybridized carbons (Fsp3) is 0.553. The van der Waals surface area contributed by atoms with Gasteiger partial charge < -0.3 is 25.4 Å². The van der Waals surface area contributed by atoms with E-state index < -0.39 is 23.8 Å². The van der Waals surface area contributed by atoms with Gasteiger partial charge in [-0.25, -0.2) is 4.79 Å². The Morgan fingerprint density at radius 1 is 0.957 bits per heavy atom. The number of nitrogens with one attached hydrogen (secondary N) is 2. The van der Waals surface area contributed by atoms with Gasteiger partial charge in [0.25, 0.3) is 0 Å².